The first kappa shape index (κ1) is 21.9. The highest BCUT2D eigenvalue weighted by Crippen LogP contribution is 2.32. The molecule has 10 heteroatoms. The summed E-state index contributed by atoms with van der Waals surface area (Å²) < 4.78 is 0. The predicted octanol–water partition coefficient (Wildman–Crippen LogP) is 4.21. The summed E-state index contributed by atoms with van der Waals surface area (Å²) >= 11 is 11.8. The number of rotatable bonds is 6. The first-order valence-electron chi connectivity index (χ1n) is 9.30. The van der Waals surface area contributed by atoms with Crippen LogP contribution in [0.2, 0.25) is 10.0 Å². The second kappa shape index (κ2) is 9.32. The third kappa shape index (κ3) is 5.01. The van der Waals surface area contributed by atoms with Gasteiger partial charge in [0.1, 0.15) is 5.69 Å². The first-order chi connectivity index (χ1) is 14.3. The number of halogens is 2. The largest absolute Gasteiger partial charge is 0.366 e. The lowest BCUT2D eigenvalue weighted by Gasteiger charge is -2.20. The number of nitrogens with one attached hydrogen (secondary N) is 1. The lowest BCUT2D eigenvalue weighted by Crippen LogP contribution is -2.35. The van der Waals surface area contributed by atoms with Crippen LogP contribution in [0.5, 0.6) is 0 Å². The van der Waals surface area contributed by atoms with E-state index in [0.29, 0.717) is 21.4 Å². The summed E-state index contributed by atoms with van der Waals surface area (Å²) in [5.41, 5.74) is 0.987. The number of nitrogens with zero attached hydrogens (tertiary/aromatic N) is 3. The number of hydrogen-bond donors (Lipinski definition) is 1. The zero-order chi connectivity index (χ0) is 21.8. The molecule has 0 saturated carbocycles. The quantitative estimate of drug-likeness (QED) is 0.524. The van der Waals surface area contributed by atoms with Gasteiger partial charge in [-0.3, -0.25) is 19.7 Å². The van der Waals surface area contributed by atoms with Crippen LogP contribution in [0.4, 0.5) is 17.1 Å². The van der Waals surface area contributed by atoms with E-state index in [9.17, 15) is 19.7 Å². The van der Waals surface area contributed by atoms with Crippen molar-refractivity contribution in [3.63, 3.8) is 0 Å². The first-order valence-corrected chi connectivity index (χ1v) is 10.1. The van der Waals surface area contributed by atoms with Crippen LogP contribution >= 0.6 is 23.2 Å². The van der Waals surface area contributed by atoms with Gasteiger partial charge in [0, 0.05) is 37.5 Å². The molecule has 3 rings (SSSR count). The molecule has 2 aromatic rings. The van der Waals surface area contributed by atoms with E-state index in [1.165, 1.54) is 24.1 Å². The summed E-state index contributed by atoms with van der Waals surface area (Å²) in [5.74, 6) is -0.928. The number of amides is 2. The van der Waals surface area contributed by atoms with E-state index in [1.807, 2.05) is 4.90 Å². The van der Waals surface area contributed by atoms with E-state index in [-0.39, 0.29) is 17.8 Å². The highest BCUT2D eigenvalue weighted by Gasteiger charge is 2.25. The lowest BCUT2D eigenvalue weighted by atomic mass is 10.1. The van der Waals surface area contributed by atoms with Crippen molar-refractivity contribution in [2.75, 3.05) is 36.9 Å². The zero-order valence-electron chi connectivity index (χ0n) is 16.2. The smallest absolute Gasteiger partial charge is 0.293 e. The van der Waals surface area contributed by atoms with Gasteiger partial charge in [0.15, 0.2) is 0 Å². The number of anilines is 2. The van der Waals surface area contributed by atoms with Gasteiger partial charge in [-0.1, -0.05) is 23.2 Å². The zero-order valence-corrected chi connectivity index (χ0v) is 17.7. The van der Waals surface area contributed by atoms with Crippen molar-refractivity contribution >= 4 is 52.1 Å². The van der Waals surface area contributed by atoms with E-state index < -0.39 is 16.7 Å². The molecule has 0 aliphatic carbocycles. The van der Waals surface area contributed by atoms with Crippen LogP contribution in [0, 0.1) is 10.1 Å². The molecule has 0 unspecified atom stereocenters. The van der Waals surface area contributed by atoms with Crippen LogP contribution in [0.15, 0.2) is 36.4 Å². The van der Waals surface area contributed by atoms with Crippen LogP contribution in [-0.2, 0) is 4.79 Å². The van der Waals surface area contributed by atoms with Gasteiger partial charge in [0.2, 0.25) is 5.91 Å². The van der Waals surface area contributed by atoms with Gasteiger partial charge in [-0.05, 0) is 43.2 Å². The van der Waals surface area contributed by atoms with Crippen LogP contribution in [0.3, 0.4) is 0 Å². The Bertz CT molecular complexity index is 993. The number of likely N-dealkylation sites (N-methyl/N-ethyl adjacent to an activating group) is 1. The molecule has 2 aromatic carbocycles. The number of carbonyl (C=O) groups excluding carboxylic acids is 2. The number of nitro groups is 1. The summed E-state index contributed by atoms with van der Waals surface area (Å²) in [6, 6.07) is 9.06. The van der Waals surface area contributed by atoms with Gasteiger partial charge in [-0.2, -0.15) is 0 Å². The van der Waals surface area contributed by atoms with E-state index in [0.717, 1.165) is 25.9 Å². The van der Waals surface area contributed by atoms with Gasteiger partial charge < -0.3 is 15.1 Å². The van der Waals surface area contributed by atoms with E-state index in [1.54, 1.807) is 24.3 Å². The molecule has 0 aromatic heterocycles. The second-order valence-corrected chi connectivity index (χ2v) is 7.81. The number of benzene rings is 2. The van der Waals surface area contributed by atoms with Gasteiger partial charge in [0.25, 0.3) is 11.6 Å². The molecule has 8 nitrogen and oxygen atoms in total. The fourth-order valence-corrected chi connectivity index (χ4v) is 3.61. The van der Waals surface area contributed by atoms with Gasteiger partial charge in [0.05, 0.1) is 21.5 Å². The molecule has 1 heterocycles. The Morgan fingerprint density at radius 1 is 1.13 bits per heavy atom. The minimum absolute atomic E-state index is 0.114. The third-order valence-electron chi connectivity index (χ3n) is 4.80. The maximum Gasteiger partial charge on any atom is 0.293 e. The molecule has 2 amide bonds. The second-order valence-electron chi connectivity index (χ2n) is 6.99. The van der Waals surface area contributed by atoms with Crippen LogP contribution in [0.1, 0.15) is 23.2 Å². The average Bonchev–Trinajstić information content (AvgIpc) is 3.24. The highest BCUT2D eigenvalue weighted by molar-refractivity contribution is 6.42. The Hall–Kier alpha value is -2.84. The molecule has 1 N–H and O–H groups in total. The fraction of sp³-hybridized carbons (Fsp3) is 0.300. The Balaban J connectivity index is 1.70. The number of nitro benzene ring substituents is 1. The minimum Gasteiger partial charge on any atom is -0.366 e. The Morgan fingerprint density at radius 3 is 2.47 bits per heavy atom. The normalized spacial score (nSPS) is 13.2. The van der Waals surface area contributed by atoms with Crippen molar-refractivity contribution in [3.05, 3.63) is 62.1 Å². The maximum atomic E-state index is 12.7. The van der Waals surface area contributed by atoms with Crippen molar-refractivity contribution < 1.29 is 14.5 Å². The summed E-state index contributed by atoms with van der Waals surface area (Å²) in [5, 5.41) is 14.8. The molecule has 0 spiro atoms. The molecule has 0 radical (unpaired) electrons. The number of hydrogen-bond acceptors (Lipinski definition) is 5. The molecule has 158 valence electrons. The molecule has 1 aliphatic heterocycles. The summed E-state index contributed by atoms with van der Waals surface area (Å²) in [6.45, 7) is 1.27. The molecule has 1 saturated heterocycles. The van der Waals surface area contributed by atoms with Crippen molar-refractivity contribution in [3.8, 4) is 0 Å². The van der Waals surface area contributed by atoms with Crippen LogP contribution < -0.4 is 10.2 Å². The van der Waals surface area contributed by atoms with Crippen LogP contribution in [-0.4, -0.2) is 48.3 Å². The summed E-state index contributed by atoms with van der Waals surface area (Å²) in [6.07, 6.45) is 1.96. The van der Waals surface area contributed by atoms with E-state index in [4.69, 9.17) is 23.2 Å². The van der Waals surface area contributed by atoms with Gasteiger partial charge >= 0.3 is 0 Å². The van der Waals surface area contributed by atoms with E-state index in [2.05, 4.69) is 5.32 Å². The van der Waals surface area contributed by atoms with E-state index >= 15 is 0 Å². The summed E-state index contributed by atoms with van der Waals surface area (Å²) in [4.78, 5) is 39.2. The highest BCUT2D eigenvalue weighted by atomic mass is 35.5. The monoisotopic (exact) mass is 450 g/mol. The molecule has 1 aliphatic rings. The molecule has 0 atom stereocenters. The molecule has 30 heavy (non-hydrogen) atoms. The average molecular weight is 451 g/mol. The topological polar surface area (TPSA) is 95.8 Å². The fourth-order valence-electron chi connectivity index (χ4n) is 3.31. The van der Waals surface area contributed by atoms with Crippen molar-refractivity contribution in [2.45, 2.75) is 12.8 Å². The van der Waals surface area contributed by atoms with Crippen LogP contribution in [0.25, 0.3) is 0 Å². The molecular formula is C20H20Cl2N4O4. The molecular weight excluding hydrogens is 431 g/mol. The van der Waals surface area contributed by atoms with Crippen molar-refractivity contribution in [2.24, 2.45) is 0 Å². The number of carbonyl (C=O) groups is 2. The van der Waals surface area contributed by atoms with Crippen molar-refractivity contribution in [1.29, 1.82) is 0 Å². The van der Waals surface area contributed by atoms with Gasteiger partial charge in [-0.25, -0.2) is 0 Å². The molecule has 0 bridgehead atoms. The third-order valence-corrected chi connectivity index (χ3v) is 5.54. The van der Waals surface area contributed by atoms with Crippen molar-refractivity contribution in [1.82, 2.24) is 4.90 Å². The Labute approximate surface area is 183 Å². The predicted molar refractivity (Wildman–Crippen MR) is 117 cm³/mol. The van der Waals surface area contributed by atoms with Gasteiger partial charge in [-0.15, -0.1) is 0 Å². The SMILES string of the molecule is CN(CC(=O)Nc1ccc(Cl)c(Cl)c1)C(=O)c1ccc(N2CCCC2)c([N+](=O)[O-])c1. The standard InChI is InChI=1S/C20H20Cl2N4O4/c1-24(12-19(27)23-14-5-6-15(21)16(22)11-14)20(28)13-4-7-17(18(10-13)26(29)30)25-8-2-3-9-25/h4-7,10-11H,2-3,8-9,12H2,1H3,(H,23,27). The summed E-state index contributed by atoms with van der Waals surface area (Å²) in [7, 11) is 1.46. The molecule has 1 fully saturated rings. The minimum atomic E-state index is -0.490. The Morgan fingerprint density at radius 2 is 1.83 bits per heavy atom. The Kier molecular flexibility index (Phi) is 6.79. The maximum absolute atomic E-state index is 12.7. The lowest BCUT2D eigenvalue weighted by molar-refractivity contribution is -0.384.